The molecule has 0 unspecified atom stereocenters. The number of rotatable bonds is 4. The van der Waals surface area contributed by atoms with E-state index in [0.717, 1.165) is 5.56 Å². The predicted molar refractivity (Wildman–Crippen MR) is 91.5 cm³/mol. The van der Waals surface area contributed by atoms with Crippen LogP contribution in [-0.4, -0.2) is 30.1 Å². The molecule has 0 saturated carbocycles. The molecule has 2 rings (SSSR count). The van der Waals surface area contributed by atoms with Gasteiger partial charge in [-0.2, -0.15) is 5.10 Å². The van der Waals surface area contributed by atoms with Crippen LogP contribution in [0.2, 0.25) is 0 Å². The first-order valence-electron chi connectivity index (χ1n) is 6.64. The van der Waals surface area contributed by atoms with E-state index >= 15 is 0 Å². The molecule has 2 aromatic carbocycles. The maximum Gasteiger partial charge on any atom is 0.186 e. The van der Waals surface area contributed by atoms with Gasteiger partial charge in [0.05, 0.1) is 7.11 Å². The number of phenolic OH excluding ortho intramolecular Hbond substituents is 1. The van der Waals surface area contributed by atoms with Crippen LogP contribution >= 0.6 is 12.2 Å². The minimum atomic E-state index is 0.0825. The summed E-state index contributed by atoms with van der Waals surface area (Å²) in [6.45, 7) is 0. The topological polar surface area (TPSA) is 65.9 Å². The Balaban J connectivity index is 2.47. The molecule has 0 spiro atoms. The Morgan fingerprint density at radius 1 is 1.18 bits per heavy atom. The van der Waals surface area contributed by atoms with Crippen LogP contribution in [0.4, 0.5) is 0 Å². The van der Waals surface area contributed by atoms with Crippen molar-refractivity contribution >= 4 is 23.0 Å². The molecule has 2 aromatic rings. The Kier molecular flexibility index (Phi) is 5.32. The zero-order valence-corrected chi connectivity index (χ0v) is 13.1. The molecule has 0 aliphatic rings. The third-order valence-electron chi connectivity index (χ3n) is 3.00. The molecule has 0 aliphatic carbocycles. The average molecular weight is 315 g/mol. The van der Waals surface area contributed by atoms with Crippen LogP contribution in [0, 0.1) is 0 Å². The van der Waals surface area contributed by atoms with Crippen molar-refractivity contribution in [1.82, 2.24) is 10.7 Å². The largest absolute Gasteiger partial charge is 0.507 e. The number of nitrogens with zero attached hydrogens (tertiary/aromatic N) is 1. The number of ether oxygens (including phenoxy) is 1. The first-order valence-corrected chi connectivity index (χ1v) is 7.04. The summed E-state index contributed by atoms with van der Waals surface area (Å²) in [4.78, 5) is 0. The summed E-state index contributed by atoms with van der Waals surface area (Å²) >= 11 is 5.03. The van der Waals surface area contributed by atoms with E-state index < -0.39 is 0 Å². The fourth-order valence-corrected chi connectivity index (χ4v) is 1.92. The van der Waals surface area contributed by atoms with Crippen molar-refractivity contribution in [2.75, 3.05) is 14.2 Å². The molecule has 5 nitrogen and oxygen atoms in total. The van der Waals surface area contributed by atoms with Gasteiger partial charge in [-0.15, -0.1) is 0 Å². The van der Waals surface area contributed by atoms with E-state index in [1.807, 2.05) is 30.3 Å². The van der Waals surface area contributed by atoms with Crippen molar-refractivity contribution in [2.24, 2.45) is 5.10 Å². The maximum absolute atomic E-state index is 10.2. The maximum atomic E-state index is 10.2. The molecule has 0 bridgehead atoms. The van der Waals surface area contributed by atoms with E-state index in [9.17, 15) is 5.11 Å². The number of thiocarbonyl (C=S) groups is 1. The van der Waals surface area contributed by atoms with E-state index in [-0.39, 0.29) is 5.75 Å². The van der Waals surface area contributed by atoms with Gasteiger partial charge in [-0.3, -0.25) is 5.43 Å². The molecule has 0 amide bonds. The first kappa shape index (κ1) is 15.8. The highest BCUT2D eigenvalue weighted by Crippen LogP contribution is 2.26. The molecule has 0 fully saturated rings. The number of hydrogen-bond donors (Lipinski definition) is 3. The number of methoxy groups -OCH3 is 1. The summed E-state index contributed by atoms with van der Waals surface area (Å²) in [5, 5.41) is 17.7. The molecular formula is C16H17N3O2S. The Morgan fingerprint density at radius 2 is 1.91 bits per heavy atom. The van der Waals surface area contributed by atoms with Gasteiger partial charge in [0.25, 0.3) is 0 Å². The smallest absolute Gasteiger partial charge is 0.186 e. The molecule has 0 aromatic heterocycles. The molecule has 6 heteroatoms. The molecule has 0 atom stereocenters. The lowest BCUT2D eigenvalue weighted by atomic mass is 10.0. The van der Waals surface area contributed by atoms with Crippen molar-refractivity contribution < 1.29 is 9.84 Å². The van der Waals surface area contributed by atoms with Crippen molar-refractivity contribution in [3.63, 3.8) is 0 Å². The van der Waals surface area contributed by atoms with Gasteiger partial charge >= 0.3 is 0 Å². The highest BCUT2D eigenvalue weighted by molar-refractivity contribution is 7.80. The Labute approximate surface area is 134 Å². The van der Waals surface area contributed by atoms with Crippen molar-refractivity contribution in [1.29, 1.82) is 0 Å². The summed E-state index contributed by atoms with van der Waals surface area (Å²) in [6.07, 6.45) is 0. The Bertz CT molecular complexity index is 687. The van der Waals surface area contributed by atoms with Crippen LogP contribution in [0.5, 0.6) is 11.5 Å². The fraction of sp³-hybridized carbons (Fsp3) is 0.125. The number of benzene rings is 2. The summed E-state index contributed by atoms with van der Waals surface area (Å²) in [7, 11) is 3.26. The van der Waals surface area contributed by atoms with Gasteiger partial charge in [-0.25, -0.2) is 0 Å². The zero-order valence-electron chi connectivity index (χ0n) is 12.3. The second-order valence-electron chi connectivity index (χ2n) is 4.40. The molecule has 22 heavy (non-hydrogen) atoms. The minimum absolute atomic E-state index is 0.0825. The van der Waals surface area contributed by atoms with E-state index in [0.29, 0.717) is 22.1 Å². The lowest BCUT2D eigenvalue weighted by molar-refractivity contribution is 0.407. The second kappa shape index (κ2) is 7.42. The molecule has 3 N–H and O–H groups in total. The number of hydrogen-bond acceptors (Lipinski definition) is 4. The van der Waals surface area contributed by atoms with E-state index in [2.05, 4.69) is 15.8 Å². The summed E-state index contributed by atoms with van der Waals surface area (Å²) in [6, 6.07) is 14.6. The zero-order chi connectivity index (χ0) is 15.9. The molecule has 114 valence electrons. The third kappa shape index (κ3) is 3.73. The standard InChI is InChI=1S/C16H17N3O2S/c1-17-16(22)19-18-15(11-6-4-3-5-7-11)13-9-8-12(21-2)10-14(13)20/h3-10,20H,1-2H3,(H2,17,19,22)/b18-15+. The monoisotopic (exact) mass is 315 g/mol. The average Bonchev–Trinajstić information content (AvgIpc) is 2.56. The molecule has 0 saturated heterocycles. The summed E-state index contributed by atoms with van der Waals surface area (Å²) < 4.78 is 5.10. The number of hydrazone groups is 1. The Hall–Kier alpha value is -2.60. The normalized spacial score (nSPS) is 10.9. The van der Waals surface area contributed by atoms with E-state index in [4.69, 9.17) is 17.0 Å². The van der Waals surface area contributed by atoms with Crippen molar-refractivity contribution in [3.8, 4) is 11.5 Å². The summed E-state index contributed by atoms with van der Waals surface area (Å²) in [5.41, 5.74) is 4.77. The number of nitrogens with one attached hydrogen (secondary N) is 2. The molecule has 0 heterocycles. The molecular weight excluding hydrogens is 298 g/mol. The van der Waals surface area contributed by atoms with Crippen LogP contribution in [0.25, 0.3) is 0 Å². The third-order valence-corrected chi connectivity index (χ3v) is 3.30. The van der Waals surface area contributed by atoms with Gasteiger partial charge < -0.3 is 15.2 Å². The van der Waals surface area contributed by atoms with Crippen molar-refractivity contribution in [2.45, 2.75) is 0 Å². The highest BCUT2D eigenvalue weighted by Gasteiger charge is 2.13. The fourth-order valence-electron chi connectivity index (χ4n) is 1.88. The summed E-state index contributed by atoms with van der Waals surface area (Å²) in [5.74, 6) is 0.659. The lowest BCUT2D eigenvalue weighted by Crippen LogP contribution is -2.29. The minimum Gasteiger partial charge on any atom is -0.507 e. The van der Waals surface area contributed by atoms with Gasteiger partial charge in [-0.05, 0) is 24.4 Å². The van der Waals surface area contributed by atoms with E-state index in [1.165, 1.54) is 0 Å². The van der Waals surface area contributed by atoms with Gasteiger partial charge in [0.2, 0.25) is 0 Å². The highest BCUT2D eigenvalue weighted by atomic mass is 32.1. The van der Waals surface area contributed by atoms with E-state index in [1.54, 1.807) is 32.4 Å². The van der Waals surface area contributed by atoms with Gasteiger partial charge in [0.15, 0.2) is 5.11 Å². The number of phenols is 1. The van der Waals surface area contributed by atoms with Crippen LogP contribution < -0.4 is 15.5 Å². The van der Waals surface area contributed by atoms with Crippen LogP contribution in [0.15, 0.2) is 53.6 Å². The first-order chi connectivity index (χ1) is 10.7. The molecule has 0 radical (unpaired) electrons. The molecule has 0 aliphatic heterocycles. The lowest BCUT2D eigenvalue weighted by Gasteiger charge is -2.11. The van der Waals surface area contributed by atoms with Gasteiger partial charge in [0, 0.05) is 24.2 Å². The van der Waals surface area contributed by atoms with Crippen molar-refractivity contribution in [3.05, 3.63) is 59.7 Å². The Morgan fingerprint density at radius 3 is 2.50 bits per heavy atom. The predicted octanol–water partition coefficient (Wildman–Crippen LogP) is 2.25. The SMILES string of the molecule is CNC(=S)N/N=C(\c1ccccc1)c1ccc(OC)cc1O. The van der Waals surface area contributed by atoms with Crippen LogP contribution in [-0.2, 0) is 0 Å². The van der Waals surface area contributed by atoms with Crippen LogP contribution in [0.3, 0.4) is 0 Å². The number of aromatic hydroxyl groups is 1. The quantitative estimate of drug-likeness (QED) is 0.459. The second-order valence-corrected chi connectivity index (χ2v) is 4.81. The van der Waals surface area contributed by atoms with Gasteiger partial charge in [-0.1, -0.05) is 30.3 Å². The van der Waals surface area contributed by atoms with Crippen LogP contribution in [0.1, 0.15) is 11.1 Å². The van der Waals surface area contributed by atoms with Gasteiger partial charge in [0.1, 0.15) is 17.2 Å².